The number of nitro benzene ring substituents is 1. The average Bonchev–Trinajstić information content (AvgIpc) is 3.24. The van der Waals surface area contributed by atoms with Crippen LogP contribution in [0.1, 0.15) is 25.7 Å². The number of hydrogen-bond acceptors (Lipinski definition) is 8. The number of hydrogen-bond donors (Lipinski definition) is 0. The van der Waals surface area contributed by atoms with Gasteiger partial charge in [-0.25, -0.2) is 0 Å². The number of aromatic nitrogens is 2. The zero-order valence-corrected chi connectivity index (χ0v) is 19.0. The van der Waals surface area contributed by atoms with E-state index in [0.29, 0.717) is 6.42 Å². The van der Waals surface area contributed by atoms with Gasteiger partial charge in [-0.15, -0.1) is 0 Å². The summed E-state index contributed by atoms with van der Waals surface area (Å²) in [6, 6.07) is 3.35. The first-order chi connectivity index (χ1) is 15.4. The van der Waals surface area contributed by atoms with Crippen molar-refractivity contribution in [1.29, 1.82) is 0 Å². The molecule has 1 aromatic carbocycles. The van der Waals surface area contributed by atoms with Gasteiger partial charge in [0.1, 0.15) is 0 Å². The SMILES string of the molecule is COC(=O)CCCCCN1CCN(c2cc(OC)c([N+](=O)[O-])cc2-c2cnn(C)c2)CC1. The number of nitrogens with zero attached hydrogens (tertiary/aromatic N) is 5. The maximum atomic E-state index is 11.6. The second-order valence-corrected chi connectivity index (χ2v) is 7.92. The van der Waals surface area contributed by atoms with Crippen LogP contribution in [-0.2, 0) is 16.6 Å². The molecular formula is C22H31N5O5. The Morgan fingerprint density at radius 1 is 1.16 bits per heavy atom. The van der Waals surface area contributed by atoms with Crippen molar-refractivity contribution in [3.63, 3.8) is 0 Å². The summed E-state index contributed by atoms with van der Waals surface area (Å²) in [5, 5.41) is 15.8. The van der Waals surface area contributed by atoms with E-state index in [1.54, 1.807) is 23.0 Å². The van der Waals surface area contributed by atoms with Crippen LogP contribution in [0.5, 0.6) is 5.75 Å². The van der Waals surface area contributed by atoms with Crippen molar-refractivity contribution in [2.45, 2.75) is 25.7 Å². The summed E-state index contributed by atoms with van der Waals surface area (Å²) in [5.74, 6) is 0.104. The molecule has 3 rings (SSSR count). The van der Waals surface area contributed by atoms with E-state index in [9.17, 15) is 14.9 Å². The van der Waals surface area contributed by atoms with Crippen molar-refractivity contribution < 1.29 is 19.2 Å². The van der Waals surface area contributed by atoms with Crippen molar-refractivity contribution in [3.05, 3.63) is 34.6 Å². The number of ether oxygens (including phenoxy) is 2. The van der Waals surface area contributed by atoms with E-state index in [1.165, 1.54) is 14.2 Å². The van der Waals surface area contributed by atoms with Crippen LogP contribution in [0.3, 0.4) is 0 Å². The van der Waals surface area contributed by atoms with E-state index < -0.39 is 4.92 Å². The number of carbonyl (C=O) groups excluding carboxylic acids is 1. The zero-order valence-electron chi connectivity index (χ0n) is 19.0. The van der Waals surface area contributed by atoms with E-state index in [2.05, 4.69) is 19.6 Å². The largest absolute Gasteiger partial charge is 0.490 e. The van der Waals surface area contributed by atoms with Crippen LogP contribution >= 0.6 is 0 Å². The molecule has 0 amide bonds. The fourth-order valence-electron chi connectivity index (χ4n) is 4.01. The fraction of sp³-hybridized carbons (Fsp3) is 0.545. The minimum absolute atomic E-state index is 0.0549. The molecule has 10 heteroatoms. The van der Waals surface area contributed by atoms with Crippen LogP contribution < -0.4 is 9.64 Å². The molecule has 2 aromatic rings. The smallest absolute Gasteiger partial charge is 0.311 e. The highest BCUT2D eigenvalue weighted by atomic mass is 16.6. The van der Waals surface area contributed by atoms with Gasteiger partial charge in [0.2, 0.25) is 0 Å². The van der Waals surface area contributed by atoms with E-state index in [4.69, 9.17) is 4.74 Å². The van der Waals surface area contributed by atoms with Crippen molar-refractivity contribution in [3.8, 4) is 16.9 Å². The molecule has 1 aliphatic rings. The van der Waals surface area contributed by atoms with Crippen LogP contribution in [0.4, 0.5) is 11.4 Å². The molecule has 0 radical (unpaired) electrons. The average molecular weight is 446 g/mol. The highest BCUT2D eigenvalue weighted by molar-refractivity contribution is 5.82. The lowest BCUT2D eigenvalue weighted by Crippen LogP contribution is -2.46. The number of unbranched alkanes of at least 4 members (excludes halogenated alkanes) is 2. The molecule has 1 aliphatic heterocycles. The second kappa shape index (κ2) is 10.9. The number of aryl methyl sites for hydroxylation is 1. The first-order valence-corrected chi connectivity index (χ1v) is 10.8. The fourth-order valence-corrected chi connectivity index (χ4v) is 4.01. The zero-order chi connectivity index (χ0) is 23.1. The lowest BCUT2D eigenvalue weighted by atomic mass is 10.0. The number of carbonyl (C=O) groups is 1. The van der Waals surface area contributed by atoms with E-state index in [1.807, 2.05) is 13.2 Å². The van der Waals surface area contributed by atoms with Crippen molar-refractivity contribution in [2.24, 2.45) is 7.05 Å². The molecule has 0 bridgehead atoms. The first-order valence-electron chi connectivity index (χ1n) is 10.8. The Hall–Kier alpha value is -3.14. The van der Waals surface area contributed by atoms with Gasteiger partial charge in [-0.1, -0.05) is 6.42 Å². The highest BCUT2D eigenvalue weighted by Gasteiger charge is 2.25. The Labute approximate surface area is 187 Å². The van der Waals surface area contributed by atoms with Crippen LogP contribution in [0.25, 0.3) is 11.1 Å². The van der Waals surface area contributed by atoms with Crippen LogP contribution in [0.15, 0.2) is 24.5 Å². The number of nitro groups is 1. The minimum Gasteiger partial charge on any atom is -0.490 e. The first kappa shape index (κ1) is 23.5. The Morgan fingerprint density at radius 3 is 2.50 bits per heavy atom. The van der Waals surface area contributed by atoms with Crippen molar-refractivity contribution in [1.82, 2.24) is 14.7 Å². The predicted molar refractivity (Wildman–Crippen MR) is 121 cm³/mol. The number of rotatable bonds is 10. The van der Waals surface area contributed by atoms with Gasteiger partial charge in [-0.3, -0.25) is 24.5 Å². The van der Waals surface area contributed by atoms with Gasteiger partial charge in [0.25, 0.3) is 0 Å². The summed E-state index contributed by atoms with van der Waals surface area (Å²) in [5.41, 5.74) is 2.47. The molecule has 10 nitrogen and oxygen atoms in total. The molecule has 174 valence electrons. The summed E-state index contributed by atoms with van der Waals surface area (Å²) in [4.78, 5) is 27.0. The molecule has 32 heavy (non-hydrogen) atoms. The Kier molecular flexibility index (Phi) is 8.04. The third kappa shape index (κ3) is 5.76. The van der Waals surface area contributed by atoms with Crippen LogP contribution in [0, 0.1) is 10.1 Å². The second-order valence-electron chi connectivity index (χ2n) is 7.92. The summed E-state index contributed by atoms with van der Waals surface area (Å²) in [6.07, 6.45) is 6.95. The molecule has 2 heterocycles. The third-order valence-corrected chi connectivity index (χ3v) is 5.81. The number of methoxy groups -OCH3 is 2. The van der Waals surface area contributed by atoms with Gasteiger partial charge in [0.15, 0.2) is 5.75 Å². The quantitative estimate of drug-likeness (QED) is 0.238. The van der Waals surface area contributed by atoms with Crippen LogP contribution in [-0.4, -0.2) is 72.5 Å². The van der Waals surface area contributed by atoms with Gasteiger partial charge in [-0.2, -0.15) is 5.10 Å². The van der Waals surface area contributed by atoms with Crippen molar-refractivity contribution in [2.75, 3.05) is 51.8 Å². The summed E-state index contributed by atoms with van der Waals surface area (Å²) < 4.78 is 11.7. The van der Waals surface area contributed by atoms with E-state index >= 15 is 0 Å². The van der Waals surface area contributed by atoms with Crippen LogP contribution in [0.2, 0.25) is 0 Å². The third-order valence-electron chi connectivity index (χ3n) is 5.81. The molecular weight excluding hydrogens is 414 g/mol. The highest BCUT2D eigenvalue weighted by Crippen LogP contribution is 2.40. The van der Waals surface area contributed by atoms with Gasteiger partial charge in [-0.05, 0) is 19.4 Å². The standard InChI is InChI=1S/C22H31N5O5/c1-24-16-17(15-23-24)18-13-20(27(29)30)21(31-2)14-19(18)26-11-9-25(10-12-26)8-6-4-5-7-22(28)32-3/h13-16H,4-12H2,1-3H3. The summed E-state index contributed by atoms with van der Waals surface area (Å²) in [7, 11) is 4.70. The Balaban J connectivity index is 1.67. The molecule has 0 atom stereocenters. The lowest BCUT2D eigenvalue weighted by molar-refractivity contribution is -0.385. The predicted octanol–water partition coefficient (Wildman–Crippen LogP) is 2.86. The minimum atomic E-state index is -0.416. The molecule has 1 fully saturated rings. The van der Waals surface area contributed by atoms with Crippen molar-refractivity contribution >= 4 is 17.3 Å². The molecule has 0 aliphatic carbocycles. The van der Waals surface area contributed by atoms with Gasteiger partial charge >= 0.3 is 11.7 Å². The summed E-state index contributed by atoms with van der Waals surface area (Å²) >= 11 is 0. The number of anilines is 1. The molecule has 0 saturated carbocycles. The van der Waals surface area contributed by atoms with Gasteiger partial charge in [0.05, 0.1) is 25.3 Å². The van der Waals surface area contributed by atoms with Gasteiger partial charge in [0, 0.05) is 74.8 Å². The number of piperazine rings is 1. The molecule has 0 spiro atoms. The Bertz CT molecular complexity index is 937. The Morgan fingerprint density at radius 2 is 1.91 bits per heavy atom. The maximum Gasteiger partial charge on any atom is 0.311 e. The molecule has 0 N–H and O–H groups in total. The normalized spacial score (nSPS) is 14.4. The molecule has 0 unspecified atom stereocenters. The summed E-state index contributed by atoms with van der Waals surface area (Å²) in [6.45, 7) is 4.44. The topological polar surface area (TPSA) is 103 Å². The number of benzene rings is 1. The molecule has 1 aromatic heterocycles. The van der Waals surface area contributed by atoms with E-state index in [0.717, 1.165) is 68.8 Å². The van der Waals surface area contributed by atoms with Gasteiger partial charge < -0.3 is 14.4 Å². The number of esters is 1. The lowest BCUT2D eigenvalue weighted by Gasteiger charge is -2.37. The monoisotopic (exact) mass is 445 g/mol. The maximum absolute atomic E-state index is 11.6. The molecule has 1 saturated heterocycles. The van der Waals surface area contributed by atoms with E-state index in [-0.39, 0.29) is 17.4 Å².